The summed E-state index contributed by atoms with van der Waals surface area (Å²) in [5.74, 6) is 1.81. The van der Waals surface area contributed by atoms with Crippen LogP contribution in [0.3, 0.4) is 0 Å². The van der Waals surface area contributed by atoms with Gasteiger partial charge in [-0.15, -0.1) is 0 Å². The van der Waals surface area contributed by atoms with E-state index in [-0.39, 0.29) is 0 Å². The van der Waals surface area contributed by atoms with Crippen molar-refractivity contribution in [1.29, 1.82) is 0 Å². The van der Waals surface area contributed by atoms with E-state index in [4.69, 9.17) is 0 Å². The van der Waals surface area contributed by atoms with E-state index in [2.05, 4.69) is 59.9 Å². The summed E-state index contributed by atoms with van der Waals surface area (Å²) in [6, 6.07) is 10.4. The van der Waals surface area contributed by atoms with Crippen LogP contribution in [0.4, 0.5) is 0 Å². The van der Waals surface area contributed by atoms with Crippen LogP contribution >= 0.6 is 0 Å². The lowest BCUT2D eigenvalue weighted by Gasteiger charge is -2.15. The number of nitrogens with zero attached hydrogens (tertiary/aromatic N) is 2. The normalized spacial score (nSPS) is 11.2. The van der Waals surface area contributed by atoms with Crippen LogP contribution in [-0.4, -0.2) is 16.1 Å². The topological polar surface area (TPSA) is 29.9 Å². The molecule has 1 heterocycles. The zero-order chi connectivity index (χ0) is 14.4. The van der Waals surface area contributed by atoms with E-state index in [1.54, 1.807) is 0 Å². The van der Waals surface area contributed by atoms with Crippen molar-refractivity contribution in [2.45, 2.75) is 40.2 Å². The maximum absolute atomic E-state index is 4.45. The number of benzene rings is 1. The van der Waals surface area contributed by atoms with E-state index in [1.807, 2.05) is 12.3 Å². The Morgan fingerprint density at radius 3 is 2.50 bits per heavy atom. The van der Waals surface area contributed by atoms with Gasteiger partial charge in [-0.3, -0.25) is 4.57 Å². The third-order valence-corrected chi connectivity index (χ3v) is 3.92. The Hall–Kier alpha value is -1.61. The molecule has 1 aromatic carbocycles. The second-order valence-corrected chi connectivity index (χ2v) is 5.28. The van der Waals surface area contributed by atoms with Crippen molar-refractivity contribution >= 4 is 0 Å². The number of aryl methyl sites for hydroxylation is 1. The van der Waals surface area contributed by atoms with E-state index in [9.17, 15) is 0 Å². The van der Waals surface area contributed by atoms with Crippen molar-refractivity contribution in [3.8, 4) is 5.69 Å². The number of hydrogen-bond donors (Lipinski definition) is 1. The summed E-state index contributed by atoms with van der Waals surface area (Å²) >= 11 is 0. The molecule has 0 radical (unpaired) electrons. The van der Waals surface area contributed by atoms with Crippen LogP contribution in [0, 0.1) is 12.8 Å². The number of imidazole rings is 1. The van der Waals surface area contributed by atoms with Crippen LogP contribution in [0.5, 0.6) is 0 Å². The Morgan fingerprint density at radius 2 is 1.85 bits per heavy atom. The monoisotopic (exact) mass is 271 g/mol. The molecule has 1 aromatic heterocycles. The quantitative estimate of drug-likeness (QED) is 0.832. The van der Waals surface area contributed by atoms with Crippen LogP contribution in [0.15, 0.2) is 36.5 Å². The smallest absolute Gasteiger partial charge is 0.110 e. The number of nitrogens with one attached hydrogen (secondary N) is 1. The first-order valence-corrected chi connectivity index (χ1v) is 7.55. The molecule has 0 bridgehead atoms. The Balaban J connectivity index is 2.06. The van der Waals surface area contributed by atoms with Crippen molar-refractivity contribution in [3.05, 3.63) is 48.0 Å². The third kappa shape index (κ3) is 3.48. The minimum Gasteiger partial charge on any atom is -0.311 e. The van der Waals surface area contributed by atoms with Crippen LogP contribution in [0.25, 0.3) is 5.69 Å². The summed E-state index contributed by atoms with van der Waals surface area (Å²) < 4.78 is 2.22. The molecule has 0 atom stereocenters. The van der Waals surface area contributed by atoms with Gasteiger partial charge < -0.3 is 5.32 Å². The van der Waals surface area contributed by atoms with Gasteiger partial charge in [0, 0.05) is 12.2 Å². The number of para-hydroxylation sites is 1. The van der Waals surface area contributed by atoms with Crippen LogP contribution in [0.2, 0.25) is 0 Å². The largest absolute Gasteiger partial charge is 0.311 e. The highest BCUT2D eigenvalue weighted by Gasteiger charge is 2.09. The zero-order valence-electron chi connectivity index (χ0n) is 12.8. The molecule has 2 rings (SSSR count). The molecule has 20 heavy (non-hydrogen) atoms. The number of aromatic nitrogens is 2. The molecular formula is C17H25N3. The van der Waals surface area contributed by atoms with Gasteiger partial charge in [0.25, 0.3) is 0 Å². The highest BCUT2D eigenvalue weighted by Crippen LogP contribution is 2.14. The Labute approximate surface area is 122 Å². The second-order valence-electron chi connectivity index (χ2n) is 5.28. The average molecular weight is 271 g/mol. The maximum Gasteiger partial charge on any atom is 0.110 e. The van der Waals surface area contributed by atoms with E-state index < -0.39 is 0 Å². The fourth-order valence-electron chi connectivity index (χ4n) is 2.53. The van der Waals surface area contributed by atoms with Gasteiger partial charge in [-0.25, -0.2) is 4.98 Å². The van der Waals surface area contributed by atoms with E-state index in [0.29, 0.717) is 0 Å². The first-order chi connectivity index (χ1) is 9.76. The van der Waals surface area contributed by atoms with Crippen molar-refractivity contribution in [2.24, 2.45) is 5.92 Å². The van der Waals surface area contributed by atoms with E-state index in [0.717, 1.165) is 24.8 Å². The number of hydrogen-bond acceptors (Lipinski definition) is 2. The van der Waals surface area contributed by atoms with E-state index >= 15 is 0 Å². The molecular weight excluding hydrogens is 246 g/mol. The molecule has 0 aliphatic carbocycles. The summed E-state index contributed by atoms with van der Waals surface area (Å²) in [4.78, 5) is 4.45. The minimum atomic E-state index is 0.768. The molecule has 0 saturated carbocycles. The van der Waals surface area contributed by atoms with Gasteiger partial charge in [-0.05, 0) is 31.5 Å². The molecule has 0 spiro atoms. The van der Waals surface area contributed by atoms with Gasteiger partial charge in [-0.2, -0.15) is 0 Å². The lowest BCUT2D eigenvalue weighted by atomic mass is 10.0. The molecule has 2 aromatic rings. The molecule has 0 aliphatic rings. The molecule has 3 nitrogen and oxygen atoms in total. The van der Waals surface area contributed by atoms with Gasteiger partial charge in [0.2, 0.25) is 0 Å². The fraction of sp³-hybridized carbons (Fsp3) is 0.471. The van der Waals surface area contributed by atoms with Crippen molar-refractivity contribution in [3.63, 3.8) is 0 Å². The van der Waals surface area contributed by atoms with Gasteiger partial charge in [0.05, 0.1) is 11.9 Å². The maximum atomic E-state index is 4.45. The summed E-state index contributed by atoms with van der Waals surface area (Å²) in [6.45, 7) is 8.51. The predicted molar refractivity (Wildman–Crippen MR) is 84.1 cm³/mol. The van der Waals surface area contributed by atoms with Crippen molar-refractivity contribution < 1.29 is 0 Å². The van der Waals surface area contributed by atoms with Gasteiger partial charge in [0.15, 0.2) is 0 Å². The Bertz CT molecular complexity index is 512. The summed E-state index contributed by atoms with van der Waals surface area (Å²) in [5, 5.41) is 3.57. The van der Waals surface area contributed by atoms with Gasteiger partial charge >= 0.3 is 0 Å². The molecule has 1 N–H and O–H groups in total. The zero-order valence-corrected chi connectivity index (χ0v) is 12.8. The molecule has 0 fully saturated rings. The van der Waals surface area contributed by atoms with Crippen LogP contribution in [0.1, 0.15) is 38.2 Å². The van der Waals surface area contributed by atoms with E-state index in [1.165, 1.54) is 24.2 Å². The van der Waals surface area contributed by atoms with Gasteiger partial charge in [-0.1, -0.05) is 44.9 Å². The highest BCUT2D eigenvalue weighted by molar-refractivity contribution is 5.35. The molecule has 108 valence electrons. The lowest BCUT2D eigenvalue weighted by molar-refractivity contribution is 0.447. The van der Waals surface area contributed by atoms with Gasteiger partial charge in [0.1, 0.15) is 5.82 Å². The standard InChI is InChI=1S/C17H25N3/c1-4-15(5-2)11-18-12-17-13-19-14(3)20(17)16-9-7-6-8-10-16/h6-10,13,15,18H,4-5,11-12H2,1-3H3. The Kier molecular flexibility index (Phi) is 5.36. The lowest BCUT2D eigenvalue weighted by Crippen LogP contribution is -2.23. The van der Waals surface area contributed by atoms with Crippen molar-refractivity contribution in [1.82, 2.24) is 14.9 Å². The third-order valence-electron chi connectivity index (χ3n) is 3.92. The molecule has 0 aliphatic heterocycles. The first kappa shape index (κ1) is 14.8. The fourth-order valence-corrected chi connectivity index (χ4v) is 2.53. The number of rotatable bonds is 7. The van der Waals surface area contributed by atoms with Crippen LogP contribution in [-0.2, 0) is 6.54 Å². The van der Waals surface area contributed by atoms with Crippen LogP contribution < -0.4 is 5.32 Å². The highest BCUT2D eigenvalue weighted by atomic mass is 15.1. The molecule has 0 unspecified atom stereocenters. The predicted octanol–water partition coefficient (Wildman–Crippen LogP) is 3.71. The Morgan fingerprint density at radius 1 is 1.15 bits per heavy atom. The van der Waals surface area contributed by atoms with Crippen molar-refractivity contribution in [2.75, 3.05) is 6.54 Å². The summed E-state index contributed by atoms with van der Waals surface area (Å²) in [7, 11) is 0. The summed E-state index contributed by atoms with van der Waals surface area (Å²) in [6.07, 6.45) is 4.45. The molecule has 0 saturated heterocycles. The first-order valence-electron chi connectivity index (χ1n) is 7.55. The average Bonchev–Trinajstić information content (AvgIpc) is 2.85. The minimum absolute atomic E-state index is 0.768. The molecule has 0 amide bonds. The molecule has 3 heteroatoms. The SMILES string of the molecule is CCC(CC)CNCc1cnc(C)n1-c1ccccc1. The second kappa shape index (κ2) is 7.25. The summed E-state index contributed by atoms with van der Waals surface area (Å²) in [5.41, 5.74) is 2.40.